The van der Waals surface area contributed by atoms with Crippen LogP contribution >= 0.6 is 0 Å². The number of benzene rings is 3. The molecule has 1 aliphatic carbocycles. The minimum atomic E-state index is -0.453. The van der Waals surface area contributed by atoms with Crippen LogP contribution in [0.4, 0.5) is 5.69 Å². The number of hydrogen-bond acceptors (Lipinski definition) is 6. The molecule has 6 heteroatoms. The SMILES string of the molecule is CCN(CC)c1ccc(C(=O)Oc2ccc3nc4ccc(=O)cc-4oc3c2)cc1. The van der Waals surface area contributed by atoms with Crippen LogP contribution in [-0.4, -0.2) is 24.0 Å². The Morgan fingerprint density at radius 3 is 2.48 bits per heavy atom. The lowest BCUT2D eigenvalue weighted by Crippen LogP contribution is -2.21. The summed E-state index contributed by atoms with van der Waals surface area (Å²) in [7, 11) is 0. The van der Waals surface area contributed by atoms with Gasteiger partial charge in [0.25, 0.3) is 0 Å². The first kappa shape index (κ1) is 18.7. The number of hydrogen-bond donors (Lipinski definition) is 0. The summed E-state index contributed by atoms with van der Waals surface area (Å²) in [6.07, 6.45) is 0. The zero-order valence-corrected chi connectivity index (χ0v) is 16.2. The van der Waals surface area contributed by atoms with E-state index in [0.29, 0.717) is 33.9 Å². The Bertz CT molecular complexity index is 1190. The standard InChI is InChI=1S/C23H20N2O4/c1-3-25(4-2)16-7-5-15(6-8-16)23(27)28-18-10-12-20-22(14-18)29-21-13-17(26)9-11-19(21)24-20/h5-14H,3-4H2,1-2H3. The van der Waals surface area contributed by atoms with E-state index in [1.807, 2.05) is 12.1 Å². The van der Waals surface area contributed by atoms with Gasteiger partial charge in [-0.25, -0.2) is 9.78 Å². The van der Waals surface area contributed by atoms with E-state index in [2.05, 4.69) is 23.7 Å². The molecule has 0 saturated carbocycles. The van der Waals surface area contributed by atoms with Gasteiger partial charge in [-0.1, -0.05) is 0 Å². The van der Waals surface area contributed by atoms with Crippen molar-refractivity contribution in [3.8, 4) is 17.2 Å². The summed E-state index contributed by atoms with van der Waals surface area (Å²) >= 11 is 0. The van der Waals surface area contributed by atoms with Crippen molar-refractivity contribution >= 4 is 22.8 Å². The van der Waals surface area contributed by atoms with Gasteiger partial charge in [-0.3, -0.25) is 4.79 Å². The minimum Gasteiger partial charge on any atom is -0.453 e. The molecule has 0 bridgehead atoms. The first-order valence-corrected chi connectivity index (χ1v) is 9.49. The molecule has 0 spiro atoms. The number of fused-ring (bicyclic) bond motifs is 2. The number of rotatable bonds is 5. The molecule has 4 rings (SSSR count). The van der Waals surface area contributed by atoms with Crippen molar-refractivity contribution in [1.29, 1.82) is 0 Å². The molecule has 0 aromatic heterocycles. The maximum Gasteiger partial charge on any atom is 0.343 e. The molecule has 2 aromatic rings. The predicted molar refractivity (Wildman–Crippen MR) is 112 cm³/mol. The summed E-state index contributed by atoms with van der Waals surface area (Å²) in [6, 6.07) is 16.8. The topological polar surface area (TPSA) is 72.6 Å². The molecule has 0 unspecified atom stereocenters. The smallest absolute Gasteiger partial charge is 0.343 e. The zero-order valence-electron chi connectivity index (χ0n) is 16.2. The minimum absolute atomic E-state index is 0.154. The molecule has 1 aliphatic heterocycles. The Labute approximate surface area is 167 Å². The van der Waals surface area contributed by atoms with E-state index in [9.17, 15) is 9.59 Å². The van der Waals surface area contributed by atoms with E-state index in [4.69, 9.17) is 9.15 Å². The van der Waals surface area contributed by atoms with Crippen molar-refractivity contribution in [2.45, 2.75) is 13.8 Å². The Kier molecular flexibility index (Phi) is 4.99. The van der Waals surface area contributed by atoms with E-state index in [-0.39, 0.29) is 5.43 Å². The lowest BCUT2D eigenvalue weighted by molar-refractivity contribution is 0.0735. The Hall–Kier alpha value is -3.67. The number of carbonyl (C=O) groups excluding carboxylic acids is 1. The van der Waals surface area contributed by atoms with Gasteiger partial charge < -0.3 is 14.1 Å². The molecule has 0 N–H and O–H groups in total. The second kappa shape index (κ2) is 7.75. The van der Waals surface area contributed by atoms with Crippen LogP contribution < -0.4 is 15.1 Å². The number of anilines is 1. The third kappa shape index (κ3) is 3.82. The summed E-state index contributed by atoms with van der Waals surface area (Å²) in [5, 5.41) is 0. The van der Waals surface area contributed by atoms with Gasteiger partial charge in [-0.05, 0) is 62.4 Å². The molecule has 6 nitrogen and oxygen atoms in total. The molecule has 2 aliphatic rings. The van der Waals surface area contributed by atoms with E-state index < -0.39 is 5.97 Å². The van der Waals surface area contributed by atoms with Crippen molar-refractivity contribution in [1.82, 2.24) is 4.98 Å². The van der Waals surface area contributed by atoms with Gasteiger partial charge >= 0.3 is 5.97 Å². The summed E-state index contributed by atoms with van der Waals surface area (Å²) in [6.45, 7) is 5.98. The lowest BCUT2D eigenvalue weighted by Gasteiger charge is -2.20. The predicted octanol–water partition coefficient (Wildman–Crippen LogP) is 4.36. The van der Waals surface area contributed by atoms with Gasteiger partial charge in [0, 0.05) is 30.9 Å². The molecule has 0 atom stereocenters. The monoisotopic (exact) mass is 388 g/mol. The third-order valence-electron chi connectivity index (χ3n) is 4.77. The van der Waals surface area contributed by atoms with Gasteiger partial charge in [-0.2, -0.15) is 0 Å². The van der Waals surface area contributed by atoms with E-state index in [1.54, 1.807) is 36.4 Å². The molecular weight excluding hydrogens is 368 g/mol. The van der Waals surface area contributed by atoms with Crippen LogP contribution in [-0.2, 0) is 0 Å². The van der Waals surface area contributed by atoms with Crippen molar-refractivity contribution in [2.75, 3.05) is 18.0 Å². The average molecular weight is 388 g/mol. The molecule has 146 valence electrons. The van der Waals surface area contributed by atoms with Crippen molar-refractivity contribution in [2.24, 2.45) is 0 Å². The number of carbonyl (C=O) groups is 1. The largest absolute Gasteiger partial charge is 0.453 e. The van der Waals surface area contributed by atoms with E-state index in [1.165, 1.54) is 12.1 Å². The first-order chi connectivity index (χ1) is 14.1. The zero-order chi connectivity index (χ0) is 20.4. The lowest BCUT2D eigenvalue weighted by atomic mass is 10.2. The van der Waals surface area contributed by atoms with Crippen LogP contribution in [0.1, 0.15) is 24.2 Å². The maximum atomic E-state index is 12.5. The van der Waals surface area contributed by atoms with Crippen LogP contribution in [0.25, 0.3) is 22.6 Å². The fourth-order valence-corrected chi connectivity index (χ4v) is 3.21. The van der Waals surface area contributed by atoms with Crippen LogP contribution in [0.2, 0.25) is 0 Å². The highest BCUT2D eigenvalue weighted by molar-refractivity contribution is 5.92. The van der Waals surface area contributed by atoms with E-state index in [0.717, 1.165) is 18.8 Å². The second-order valence-corrected chi connectivity index (χ2v) is 6.58. The number of nitrogens with zero attached hydrogens (tertiary/aromatic N) is 2. The molecular formula is C23H20N2O4. The fourth-order valence-electron chi connectivity index (χ4n) is 3.21. The highest BCUT2D eigenvalue weighted by Crippen LogP contribution is 2.27. The molecule has 0 saturated heterocycles. The van der Waals surface area contributed by atoms with Crippen molar-refractivity contribution in [3.63, 3.8) is 0 Å². The number of ether oxygens (including phenoxy) is 1. The molecule has 0 radical (unpaired) electrons. The van der Waals surface area contributed by atoms with Crippen molar-refractivity contribution < 1.29 is 13.9 Å². The van der Waals surface area contributed by atoms with Gasteiger partial charge in [0.05, 0.1) is 5.56 Å². The fraction of sp³-hybridized carbons (Fsp3) is 0.174. The molecule has 0 fully saturated rings. The molecule has 0 amide bonds. The maximum absolute atomic E-state index is 12.5. The van der Waals surface area contributed by atoms with Crippen LogP contribution in [0.5, 0.6) is 5.75 Å². The highest BCUT2D eigenvalue weighted by atomic mass is 16.5. The highest BCUT2D eigenvalue weighted by Gasteiger charge is 2.13. The van der Waals surface area contributed by atoms with Crippen LogP contribution in [0.3, 0.4) is 0 Å². The third-order valence-corrected chi connectivity index (χ3v) is 4.77. The summed E-state index contributed by atoms with van der Waals surface area (Å²) in [5.74, 6) is 0.282. The Morgan fingerprint density at radius 1 is 1.00 bits per heavy atom. The van der Waals surface area contributed by atoms with Crippen LogP contribution in [0.15, 0.2) is 69.9 Å². The van der Waals surface area contributed by atoms with Gasteiger partial charge in [0.1, 0.15) is 17.0 Å². The normalized spacial score (nSPS) is 11.0. The summed E-state index contributed by atoms with van der Waals surface area (Å²) in [5.41, 5.74) is 3.01. The van der Waals surface area contributed by atoms with Crippen LogP contribution in [0, 0.1) is 0 Å². The molecule has 29 heavy (non-hydrogen) atoms. The Balaban J connectivity index is 1.58. The first-order valence-electron chi connectivity index (χ1n) is 9.49. The van der Waals surface area contributed by atoms with Gasteiger partial charge in [-0.15, -0.1) is 0 Å². The number of aromatic nitrogens is 1. The van der Waals surface area contributed by atoms with E-state index >= 15 is 0 Å². The summed E-state index contributed by atoms with van der Waals surface area (Å²) < 4.78 is 11.3. The average Bonchev–Trinajstić information content (AvgIpc) is 2.73. The second-order valence-electron chi connectivity index (χ2n) is 6.58. The number of esters is 1. The van der Waals surface area contributed by atoms with Gasteiger partial charge in [0.2, 0.25) is 0 Å². The quantitative estimate of drug-likeness (QED) is 0.287. The summed E-state index contributed by atoms with van der Waals surface area (Å²) in [4.78, 5) is 30.7. The van der Waals surface area contributed by atoms with Gasteiger partial charge in [0.15, 0.2) is 16.8 Å². The molecule has 1 heterocycles. The Morgan fingerprint density at radius 2 is 1.76 bits per heavy atom. The van der Waals surface area contributed by atoms with Crippen molar-refractivity contribution in [3.05, 3.63) is 76.5 Å². The molecule has 2 aromatic carbocycles.